The van der Waals surface area contributed by atoms with Gasteiger partial charge in [0.1, 0.15) is 11.6 Å². The Morgan fingerprint density at radius 3 is 2.55 bits per heavy atom. The number of para-hydroxylation sites is 1. The van der Waals surface area contributed by atoms with E-state index >= 15 is 0 Å². The molecule has 2 rings (SSSR count). The maximum atomic E-state index is 11.8. The van der Waals surface area contributed by atoms with Gasteiger partial charge in [-0.1, -0.05) is 69.7 Å². The number of nitrogens with zero attached hydrogens (tertiary/aromatic N) is 2. The monoisotopic (exact) mass is 392 g/mol. The molecule has 0 aromatic heterocycles. The second-order valence-electron chi connectivity index (χ2n) is 7.18. The Hall–Kier alpha value is -2.80. The molecule has 0 radical (unpaired) electrons. The molecule has 0 unspecified atom stereocenters. The molecule has 1 aromatic carbocycles. The van der Waals surface area contributed by atoms with Crippen LogP contribution in [0.3, 0.4) is 0 Å². The SMILES string of the molecule is CCCCCCCCCN1C=CC(=CC=C(C#N)C(=O)OCC)c2ccccc21. The van der Waals surface area contributed by atoms with Crippen molar-refractivity contribution in [2.75, 3.05) is 18.1 Å². The van der Waals surface area contributed by atoms with Crippen LogP contribution in [0.2, 0.25) is 0 Å². The number of rotatable bonds is 11. The molecule has 0 aliphatic carbocycles. The summed E-state index contributed by atoms with van der Waals surface area (Å²) in [6.07, 6.45) is 16.5. The van der Waals surface area contributed by atoms with Gasteiger partial charge in [0.15, 0.2) is 0 Å². The number of carbonyl (C=O) groups excluding carboxylic acids is 1. The van der Waals surface area contributed by atoms with Gasteiger partial charge in [0.25, 0.3) is 0 Å². The molecule has 29 heavy (non-hydrogen) atoms. The molecule has 1 aromatic rings. The largest absolute Gasteiger partial charge is 0.462 e. The zero-order valence-corrected chi connectivity index (χ0v) is 17.7. The fourth-order valence-corrected chi connectivity index (χ4v) is 3.42. The Bertz CT molecular complexity index is 799. The second-order valence-corrected chi connectivity index (χ2v) is 7.18. The highest BCUT2D eigenvalue weighted by atomic mass is 16.5. The topological polar surface area (TPSA) is 53.3 Å². The van der Waals surface area contributed by atoms with Crippen LogP contribution in [-0.4, -0.2) is 19.1 Å². The molecule has 4 nitrogen and oxygen atoms in total. The zero-order valence-electron chi connectivity index (χ0n) is 17.7. The van der Waals surface area contributed by atoms with Crippen molar-refractivity contribution in [1.29, 1.82) is 5.26 Å². The number of ether oxygens (including phenoxy) is 1. The normalized spacial score (nSPS) is 14.6. The number of esters is 1. The van der Waals surface area contributed by atoms with Crippen molar-refractivity contribution in [2.45, 2.75) is 58.8 Å². The average Bonchev–Trinajstić information content (AvgIpc) is 2.74. The summed E-state index contributed by atoms with van der Waals surface area (Å²) in [5, 5.41) is 9.20. The Morgan fingerprint density at radius 2 is 1.83 bits per heavy atom. The fraction of sp³-hybridized carbons (Fsp3) is 0.440. The number of carbonyl (C=O) groups is 1. The highest BCUT2D eigenvalue weighted by Gasteiger charge is 2.15. The van der Waals surface area contributed by atoms with Gasteiger partial charge >= 0.3 is 5.97 Å². The lowest BCUT2D eigenvalue weighted by Crippen LogP contribution is -2.21. The van der Waals surface area contributed by atoms with Gasteiger partial charge in [0, 0.05) is 24.0 Å². The van der Waals surface area contributed by atoms with Gasteiger partial charge in [0.2, 0.25) is 0 Å². The summed E-state index contributed by atoms with van der Waals surface area (Å²) in [6, 6.07) is 10.2. The number of benzene rings is 1. The number of nitriles is 1. The van der Waals surface area contributed by atoms with Crippen molar-refractivity contribution in [3.63, 3.8) is 0 Å². The summed E-state index contributed by atoms with van der Waals surface area (Å²) in [4.78, 5) is 14.1. The van der Waals surface area contributed by atoms with Crippen molar-refractivity contribution in [1.82, 2.24) is 0 Å². The predicted octanol–water partition coefficient (Wildman–Crippen LogP) is 6.17. The van der Waals surface area contributed by atoms with Crippen molar-refractivity contribution in [3.8, 4) is 6.07 Å². The Kier molecular flexibility index (Phi) is 9.78. The Balaban J connectivity index is 2.04. The number of allylic oxidation sites excluding steroid dienone is 4. The zero-order chi connectivity index (χ0) is 20.9. The van der Waals surface area contributed by atoms with E-state index in [2.05, 4.69) is 30.2 Å². The lowest BCUT2D eigenvalue weighted by atomic mass is 9.98. The summed E-state index contributed by atoms with van der Waals surface area (Å²) in [7, 11) is 0. The minimum Gasteiger partial charge on any atom is -0.462 e. The van der Waals surface area contributed by atoms with Crippen LogP contribution in [0.15, 0.2) is 54.3 Å². The summed E-state index contributed by atoms with van der Waals surface area (Å²) in [5.41, 5.74) is 3.26. The van der Waals surface area contributed by atoms with Crippen molar-refractivity contribution in [2.24, 2.45) is 0 Å². The van der Waals surface area contributed by atoms with Gasteiger partial charge in [-0.05, 0) is 37.1 Å². The number of anilines is 1. The van der Waals surface area contributed by atoms with E-state index in [-0.39, 0.29) is 12.2 Å². The van der Waals surface area contributed by atoms with Crippen molar-refractivity contribution in [3.05, 3.63) is 59.8 Å². The van der Waals surface area contributed by atoms with Crippen LogP contribution in [0.1, 0.15) is 64.4 Å². The van der Waals surface area contributed by atoms with Crippen LogP contribution in [0, 0.1) is 11.3 Å². The van der Waals surface area contributed by atoms with Crippen LogP contribution in [0.4, 0.5) is 5.69 Å². The van der Waals surface area contributed by atoms with Gasteiger partial charge in [0.05, 0.1) is 6.61 Å². The molecule has 0 spiro atoms. The molecule has 0 N–H and O–H groups in total. The number of hydrogen-bond acceptors (Lipinski definition) is 4. The molecule has 0 fully saturated rings. The molecule has 0 amide bonds. The Labute approximate surface area is 175 Å². The molecular formula is C25H32N2O2. The third-order valence-electron chi connectivity index (χ3n) is 5.01. The maximum absolute atomic E-state index is 11.8. The summed E-state index contributed by atoms with van der Waals surface area (Å²) < 4.78 is 4.92. The highest BCUT2D eigenvalue weighted by Crippen LogP contribution is 2.33. The first-order valence-electron chi connectivity index (χ1n) is 10.7. The second kappa shape index (κ2) is 12.6. The van der Waals surface area contributed by atoms with E-state index in [9.17, 15) is 10.1 Å². The number of fused-ring (bicyclic) bond motifs is 1. The predicted molar refractivity (Wildman–Crippen MR) is 119 cm³/mol. The lowest BCUT2D eigenvalue weighted by molar-refractivity contribution is -0.138. The van der Waals surface area contributed by atoms with Crippen LogP contribution in [0.5, 0.6) is 0 Å². The third kappa shape index (κ3) is 6.94. The maximum Gasteiger partial charge on any atom is 0.348 e. The van der Waals surface area contributed by atoms with E-state index in [1.54, 1.807) is 13.0 Å². The quantitative estimate of drug-likeness (QED) is 0.196. The van der Waals surface area contributed by atoms with Crippen LogP contribution in [-0.2, 0) is 9.53 Å². The van der Waals surface area contributed by atoms with Crippen LogP contribution in [0.25, 0.3) is 5.57 Å². The fourth-order valence-electron chi connectivity index (χ4n) is 3.42. The smallest absolute Gasteiger partial charge is 0.348 e. The molecule has 154 valence electrons. The number of unbranched alkanes of at least 4 members (excludes halogenated alkanes) is 6. The minimum absolute atomic E-state index is 0.00994. The summed E-state index contributed by atoms with van der Waals surface area (Å²) in [5.74, 6) is -0.583. The van der Waals surface area contributed by atoms with E-state index in [0.717, 1.165) is 23.4 Å². The average molecular weight is 393 g/mol. The molecule has 1 heterocycles. The van der Waals surface area contributed by atoms with Crippen molar-refractivity contribution >= 4 is 17.2 Å². The molecule has 0 saturated heterocycles. The van der Waals surface area contributed by atoms with Gasteiger partial charge in [-0.15, -0.1) is 0 Å². The van der Waals surface area contributed by atoms with Crippen LogP contribution < -0.4 is 4.90 Å². The van der Waals surface area contributed by atoms with E-state index in [1.165, 1.54) is 44.9 Å². The highest BCUT2D eigenvalue weighted by molar-refractivity contribution is 5.94. The molecule has 1 aliphatic heterocycles. The lowest BCUT2D eigenvalue weighted by Gasteiger charge is -2.27. The van der Waals surface area contributed by atoms with E-state index < -0.39 is 5.97 Å². The Morgan fingerprint density at radius 1 is 1.10 bits per heavy atom. The first-order valence-corrected chi connectivity index (χ1v) is 10.7. The standard InChI is InChI=1S/C25H32N2O2/c1-3-5-6-7-8-9-12-18-27-19-17-21(23-13-10-11-14-24(23)27)15-16-22(20-26)25(28)29-4-2/h10-11,13-17,19H,3-9,12,18H2,1-2H3. The van der Waals surface area contributed by atoms with Crippen LogP contribution >= 0.6 is 0 Å². The van der Waals surface area contributed by atoms with Gasteiger partial charge in [-0.2, -0.15) is 5.26 Å². The van der Waals surface area contributed by atoms with E-state index in [1.807, 2.05) is 30.4 Å². The third-order valence-corrected chi connectivity index (χ3v) is 5.01. The van der Waals surface area contributed by atoms with Gasteiger partial charge in [-0.3, -0.25) is 0 Å². The molecule has 0 bridgehead atoms. The minimum atomic E-state index is -0.583. The number of hydrogen-bond donors (Lipinski definition) is 0. The summed E-state index contributed by atoms with van der Waals surface area (Å²) in [6.45, 7) is 5.23. The van der Waals surface area contributed by atoms with Crippen molar-refractivity contribution < 1.29 is 9.53 Å². The molecule has 0 atom stereocenters. The van der Waals surface area contributed by atoms with Gasteiger partial charge < -0.3 is 9.64 Å². The molecule has 1 aliphatic rings. The first-order chi connectivity index (χ1) is 14.2. The van der Waals surface area contributed by atoms with E-state index in [4.69, 9.17) is 4.74 Å². The molecular weight excluding hydrogens is 360 g/mol. The van der Waals surface area contributed by atoms with E-state index in [0.29, 0.717) is 0 Å². The molecule has 4 heteroatoms. The molecule has 0 saturated carbocycles. The summed E-state index contributed by atoms with van der Waals surface area (Å²) >= 11 is 0. The first kappa shape index (κ1) is 22.5. The van der Waals surface area contributed by atoms with Gasteiger partial charge in [-0.25, -0.2) is 4.79 Å².